The summed E-state index contributed by atoms with van der Waals surface area (Å²) >= 11 is 0. The number of primary amides is 1. The van der Waals surface area contributed by atoms with Gasteiger partial charge in [0.1, 0.15) is 11.6 Å². The van der Waals surface area contributed by atoms with Crippen LogP contribution in [0.2, 0.25) is 0 Å². The number of carbonyl (C=O) groups excluding carboxylic acids is 2. The minimum atomic E-state index is -0.422. The molecule has 0 spiro atoms. The highest BCUT2D eigenvalue weighted by atomic mass is 16.2. The van der Waals surface area contributed by atoms with Crippen LogP contribution in [0.3, 0.4) is 0 Å². The second kappa shape index (κ2) is 7.84. The molecule has 1 aliphatic rings. The molecule has 2 amide bonds. The fraction of sp³-hybridized carbons (Fsp3) is 0.421. The second-order valence-electron chi connectivity index (χ2n) is 6.60. The predicted molar refractivity (Wildman–Crippen MR) is 96.5 cm³/mol. The zero-order chi connectivity index (χ0) is 18.6. The zero-order valence-corrected chi connectivity index (χ0v) is 14.9. The van der Waals surface area contributed by atoms with Gasteiger partial charge in [-0.15, -0.1) is 0 Å². The third-order valence-electron chi connectivity index (χ3n) is 4.52. The Kier molecular flexibility index (Phi) is 5.81. The molecule has 1 saturated heterocycles. The number of piperidine rings is 1. The van der Waals surface area contributed by atoms with Gasteiger partial charge in [0.15, 0.2) is 0 Å². The molecule has 0 aliphatic carbocycles. The zero-order valence-electron chi connectivity index (χ0n) is 14.9. The van der Waals surface area contributed by atoms with Gasteiger partial charge < -0.3 is 16.0 Å². The third-order valence-corrected chi connectivity index (χ3v) is 4.52. The van der Waals surface area contributed by atoms with Crippen LogP contribution in [0.1, 0.15) is 29.5 Å². The highest BCUT2D eigenvalue weighted by Gasteiger charge is 2.23. The number of rotatable bonds is 4. The van der Waals surface area contributed by atoms with E-state index in [0.29, 0.717) is 25.9 Å². The summed E-state index contributed by atoms with van der Waals surface area (Å²) in [4.78, 5) is 25.6. The highest BCUT2D eigenvalue weighted by Crippen LogP contribution is 2.23. The van der Waals surface area contributed by atoms with Crippen molar-refractivity contribution in [2.45, 2.75) is 33.6 Å². The maximum Gasteiger partial charge on any atom is 0.267 e. The third kappa shape index (κ3) is 4.60. The Labute approximate surface area is 148 Å². The fourth-order valence-electron chi connectivity index (χ4n) is 3.19. The Morgan fingerprint density at radius 2 is 1.80 bits per heavy atom. The number of anilines is 1. The van der Waals surface area contributed by atoms with Crippen LogP contribution in [-0.2, 0) is 9.59 Å². The van der Waals surface area contributed by atoms with E-state index in [4.69, 9.17) is 5.73 Å². The Morgan fingerprint density at radius 3 is 2.28 bits per heavy atom. The molecule has 1 aromatic rings. The number of benzene rings is 1. The van der Waals surface area contributed by atoms with Crippen molar-refractivity contribution in [2.75, 3.05) is 18.4 Å². The molecule has 0 unspecified atom stereocenters. The van der Waals surface area contributed by atoms with Gasteiger partial charge >= 0.3 is 0 Å². The van der Waals surface area contributed by atoms with Gasteiger partial charge in [-0.25, -0.2) is 0 Å². The number of hydrogen-bond donors (Lipinski definition) is 2. The molecule has 0 bridgehead atoms. The maximum absolute atomic E-state index is 12.5. The Bertz CT molecular complexity index is 730. The summed E-state index contributed by atoms with van der Waals surface area (Å²) in [6.45, 7) is 7.07. The number of nitrogens with zero attached hydrogens (tertiary/aromatic N) is 2. The highest BCUT2D eigenvalue weighted by molar-refractivity contribution is 6.07. The van der Waals surface area contributed by atoms with Crippen LogP contribution >= 0.6 is 0 Å². The molecule has 0 radical (unpaired) electrons. The van der Waals surface area contributed by atoms with E-state index in [2.05, 4.69) is 5.32 Å². The average molecular weight is 340 g/mol. The minimum absolute atomic E-state index is 0.0527. The lowest BCUT2D eigenvalue weighted by molar-refractivity contribution is -0.123. The first-order chi connectivity index (χ1) is 11.8. The number of carbonyl (C=O) groups is 2. The van der Waals surface area contributed by atoms with E-state index in [0.717, 1.165) is 22.4 Å². The molecule has 1 heterocycles. The monoisotopic (exact) mass is 340 g/mol. The molecule has 0 atom stereocenters. The Balaban J connectivity index is 2.10. The van der Waals surface area contributed by atoms with E-state index in [-0.39, 0.29) is 17.4 Å². The standard InChI is InChI=1S/C19H24N4O2/c1-12-8-13(2)17(14(3)9-12)22-19(25)16(10-20)11-23-6-4-15(5-7-23)18(21)24/h8-9,11,15H,4-7H2,1-3H3,(H2,21,24)(H,22,25)/b16-11-. The minimum Gasteiger partial charge on any atom is -0.376 e. The van der Waals surface area contributed by atoms with Gasteiger partial charge in [0.25, 0.3) is 5.91 Å². The summed E-state index contributed by atoms with van der Waals surface area (Å²) in [5, 5.41) is 12.2. The lowest BCUT2D eigenvalue weighted by Gasteiger charge is -2.29. The van der Waals surface area contributed by atoms with Gasteiger partial charge in [0.05, 0.1) is 0 Å². The van der Waals surface area contributed by atoms with Crippen LogP contribution in [0.25, 0.3) is 0 Å². The molecule has 0 saturated carbocycles. The molecule has 1 aliphatic heterocycles. The summed E-state index contributed by atoms with van der Waals surface area (Å²) in [5.74, 6) is -0.830. The van der Waals surface area contributed by atoms with E-state index in [1.54, 1.807) is 6.20 Å². The lowest BCUT2D eigenvalue weighted by Crippen LogP contribution is -2.36. The van der Waals surface area contributed by atoms with Crippen LogP contribution in [0.4, 0.5) is 5.69 Å². The second-order valence-corrected chi connectivity index (χ2v) is 6.60. The SMILES string of the molecule is Cc1cc(C)c(NC(=O)/C(C#N)=C\N2CCC(C(N)=O)CC2)c(C)c1. The summed E-state index contributed by atoms with van der Waals surface area (Å²) in [6.07, 6.45) is 2.86. The summed E-state index contributed by atoms with van der Waals surface area (Å²) in [5.41, 5.74) is 9.17. The van der Waals surface area contributed by atoms with Crippen molar-refractivity contribution >= 4 is 17.5 Å². The van der Waals surface area contributed by atoms with E-state index < -0.39 is 5.91 Å². The molecular weight excluding hydrogens is 316 g/mol. The maximum atomic E-state index is 12.5. The number of nitrogens with two attached hydrogens (primary N) is 1. The van der Waals surface area contributed by atoms with Crippen LogP contribution in [-0.4, -0.2) is 29.8 Å². The molecule has 6 heteroatoms. The lowest BCUT2D eigenvalue weighted by atomic mass is 9.96. The van der Waals surface area contributed by atoms with Crippen molar-refractivity contribution in [1.29, 1.82) is 5.26 Å². The normalized spacial score (nSPS) is 15.6. The largest absolute Gasteiger partial charge is 0.376 e. The quantitative estimate of drug-likeness (QED) is 0.648. The number of likely N-dealkylation sites (tertiary alicyclic amines) is 1. The topological polar surface area (TPSA) is 99.2 Å². The van der Waals surface area contributed by atoms with Crippen LogP contribution < -0.4 is 11.1 Å². The van der Waals surface area contributed by atoms with E-state index in [9.17, 15) is 14.9 Å². The van der Waals surface area contributed by atoms with Crippen molar-refractivity contribution in [1.82, 2.24) is 4.90 Å². The first kappa shape index (κ1) is 18.5. The van der Waals surface area contributed by atoms with Crippen LogP contribution in [0.5, 0.6) is 0 Å². The molecule has 0 aromatic heterocycles. The summed E-state index contributed by atoms with van der Waals surface area (Å²) < 4.78 is 0. The fourth-order valence-corrected chi connectivity index (χ4v) is 3.19. The molecular formula is C19H24N4O2. The van der Waals surface area contributed by atoms with Crippen molar-refractivity contribution < 1.29 is 9.59 Å². The van der Waals surface area contributed by atoms with Gasteiger partial charge in [-0.2, -0.15) is 5.26 Å². The van der Waals surface area contributed by atoms with Gasteiger partial charge in [-0.3, -0.25) is 9.59 Å². The first-order valence-electron chi connectivity index (χ1n) is 8.36. The van der Waals surface area contributed by atoms with Crippen LogP contribution in [0, 0.1) is 38.0 Å². The average Bonchev–Trinajstić information content (AvgIpc) is 2.56. The van der Waals surface area contributed by atoms with Gasteiger partial charge in [0, 0.05) is 30.9 Å². The Hall–Kier alpha value is -2.81. The smallest absolute Gasteiger partial charge is 0.267 e. The van der Waals surface area contributed by atoms with Crippen molar-refractivity contribution in [3.8, 4) is 6.07 Å². The number of amides is 2. The number of aryl methyl sites for hydroxylation is 3. The number of nitrogens with one attached hydrogen (secondary N) is 1. The predicted octanol–water partition coefficient (Wildman–Crippen LogP) is 2.16. The summed E-state index contributed by atoms with van der Waals surface area (Å²) in [7, 11) is 0. The van der Waals surface area contributed by atoms with Gasteiger partial charge in [0.2, 0.25) is 5.91 Å². The van der Waals surface area contributed by atoms with Crippen molar-refractivity contribution in [3.05, 3.63) is 40.6 Å². The first-order valence-corrected chi connectivity index (χ1v) is 8.36. The molecule has 6 nitrogen and oxygen atoms in total. The van der Waals surface area contributed by atoms with E-state index >= 15 is 0 Å². The molecule has 3 N–H and O–H groups in total. The summed E-state index contributed by atoms with van der Waals surface area (Å²) in [6, 6.07) is 5.96. The molecule has 132 valence electrons. The van der Waals surface area contributed by atoms with Gasteiger partial charge in [-0.05, 0) is 44.7 Å². The Morgan fingerprint density at radius 1 is 1.24 bits per heavy atom. The van der Waals surface area contributed by atoms with Crippen molar-refractivity contribution in [2.24, 2.45) is 11.7 Å². The van der Waals surface area contributed by atoms with E-state index in [1.807, 2.05) is 43.9 Å². The number of nitriles is 1. The number of hydrogen-bond acceptors (Lipinski definition) is 4. The molecule has 2 rings (SSSR count). The van der Waals surface area contributed by atoms with E-state index in [1.165, 1.54) is 0 Å². The molecule has 25 heavy (non-hydrogen) atoms. The van der Waals surface area contributed by atoms with Crippen LogP contribution in [0.15, 0.2) is 23.9 Å². The molecule has 1 fully saturated rings. The van der Waals surface area contributed by atoms with Crippen molar-refractivity contribution in [3.63, 3.8) is 0 Å². The van der Waals surface area contributed by atoms with Gasteiger partial charge in [-0.1, -0.05) is 17.7 Å². The molecule has 1 aromatic carbocycles.